The van der Waals surface area contributed by atoms with Crippen molar-refractivity contribution in [3.05, 3.63) is 65.7 Å². The van der Waals surface area contributed by atoms with Crippen LogP contribution in [0.2, 0.25) is 0 Å². The van der Waals surface area contributed by atoms with Crippen molar-refractivity contribution in [2.24, 2.45) is 5.92 Å². The normalized spacial score (nSPS) is 22.0. The van der Waals surface area contributed by atoms with Crippen LogP contribution in [-0.2, 0) is 22.4 Å². The highest BCUT2D eigenvalue weighted by Crippen LogP contribution is 2.34. The fourth-order valence-electron chi connectivity index (χ4n) is 4.16. The van der Waals surface area contributed by atoms with Crippen molar-refractivity contribution in [1.29, 1.82) is 0 Å². The first kappa shape index (κ1) is 16.8. The molecule has 0 saturated carbocycles. The lowest BCUT2D eigenvalue weighted by atomic mass is 10.1. The molecule has 1 saturated heterocycles. The van der Waals surface area contributed by atoms with Crippen LogP contribution in [0, 0.1) is 5.92 Å². The van der Waals surface area contributed by atoms with Crippen molar-refractivity contribution in [1.82, 2.24) is 4.90 Å². The molecule has 2 amide bonds. The van der Waals surface area contributed by atoms with Crippen molar-refractivity contribution in [3.63, 3.8) is 0 Å². The third-order valence-electron chi connectivity index (χ3n) is 5.52. The Kier molecular flexibility index (Phi) is 4.49. The van der Waals surface area contributed by atoms with E-state index in [1.54, 1.807) is 0 Å². The molecule has 0 aromatic heterocycles. The van der Waals surface area contributed by atoms with Gasteiger partial charge >= 0.3 is 0 Å². The lowest BCUT2D eigenvalue weighted by Crippen LogP contribution is -2.41. The maximum absolute atomic E-state index is 13.1. The van der Waals surface area contributed by atoms with Gasteiger partial charge in [0.2, 0.25) is 11.8 Å². The van der Waals surface area contributed by atoms with Crippen LogP contribution in [0.1, 0.15) is 24.5 Å². The first-order valence-electron chi connectivity index (χ1n) is 9.36. The first-order chi connectivity index (χ1) is 12.6. The molecule has 2 aromatic carbocycles. The summed E-state index contributed by atoms with van der Waals surface area (Å²) in [5.74, 6) is -0.0377. The average Bonchev–Trinajstić information content (AvgIpc) is 3.19. The number of anilines is 1. The summed E-state index contributed by atoms with van der Waals surface area (Å²) in [6.07, 6.45) is 2.05. The summed E-state index contributed by atoms with van der Waals surface area (Å²) >= 11 is 0. The Morgan fingerprint density at radius 2 is 1.77 bits per heavy atom. The summed E-state index contributed by atoms with van der Waals surface area (Å²) in [5, 5.41) is 0. The number of likely N-dealkylation sites (tertiary alicyclic amines) is 1. The van der Waals surface area contributed by atoms with E-state index in [1.165, 1.54) is 11.1 Å². The van der Waals surface area contributed by atoms with Gasteiger partial charge in [-0.1, -0.05) is 48.5 Å². The van der Waals surface area contributed by atoms with Crippen LogP contribution in [0.3, 0.4) is 0 Å². The van der Waals surface area contributed by atoms with Gasteiger partial charge in [-0.2, -0.15) is 0 Å². The molecule has 0 radical (unpaired) electrons. The highest BCUT2D eigenvalue weighted by atomic mass is 16.2. The SMILES string of the molecule is C[C@@H]1Cc2ccccc2N1C(=O)[C@H]1CC(=O)N(CCc2ccccc2)C1. The minimum atomic E-state index is -0.230. The minimum absolute atomic E-state index is 0.0954. The summed E-state index contributed by atoms with van der Waals surface area (Å²) in [4.78, 5) is 29.3. The smallest absolute Gasteiger partial charge is 0.232 e. The zero-order chi connectivity index (χ0) is 18.1. The van der Waals surface area contributed by atoms with Gasteiger partial charge in [0.15, 0.2) is 0 Å². The molecule has 2 atom stereocenters. The van der Waals surface area contributed by atoms with E-state index in [4.69, 9.17) is 0 Å². The number of hydrogen-bond acceptors (Lipinski definition) is 2. The standard InChI is InChI=1S/C22H24N2O2/c1-16-13-18-9-5-6-10-20(18)24(16)22(26)19-14-21(25)23(15-19)12-11-17-7-3-2-4-8-17/h2-10,16,19H,11-15H2,1H3/t16-,19+/m1/s1. The molecule has 2 aliphatic rings. The Labute approximate surface area is 154 Å². The molecule has 2 aliphatic heterocycles. The molecule has 0 spiro atoms. The van der Waals surface area contributed by atoms with Gasteiger partial charge < -0.3 is 9.80 Å². The second-order valence-electron chi connectivity index (χ2n) is 7.37. The van der Waals surface area contributed by atoms with E-state index >= 15 is 0 Å². The molecule has 4 rings (SSSR count). The summed E-state index contributed by atoms with van der Waals surface area (Å²) in [6.45, 7) is 3.30. The van der Waals surface area contributed by atoms with Gasteiger partial charge in [-0.3, -0.25) is 9.59 Å². The number of fused-ring (bicyclic) bond motifs is 1. The predicted molar refractivity (Wildman–Crippen MR) is 102 cm³/mol. The zero-order valence-corrected chi connectivity index (χ0v) is 15.1. The van der Waals surface area contributed by atoms with Crippen LogP contribution in [0.25, 0.3) is 0 Å². The Hall–Kier alpha value is -2.62. The Morgan fingerprint density at radius 1 is 1.04 bits per heavy atom. The van der Waals surface area contributed by atoms with E-state index < -0.39 is 0 Å². The van der Waals surface area contributed by atoms with E-state index in [0.29, 0.717) is 19.5 Å². The topological polar surface area (TPSA) is 40.6 Å². The van der Waals surface area contributed by atoms with E-state index in [2.05, 4.69) is 25.1 Å². The van der Waals surface area contributed by atoms with Crippen LogP contribution >= 0.6 is 0 Å². The monoisotopic (exact) mass is 348 g/mol. The molecule has 2 aromatic rings. The molecule has 2 heterocycles. The van der Waals surface area contributed by atoms with Gasteiger partial charge in [0.25, 0.3) is 0 Å². The molecule has 0 aliphatic carbocycles. The lowest BCUT2D eigenvalue weighted by molar-refractivity contribution is -0.128. The van der Waals surface area contributed by atoms with Crippen molar-refractivity contribution in [2.45, 2.75) is 32.2 Å². The number of rotatable bonds is 4. The third-order valence-corrected chi connectivity index (χ3v) is 5.52. The number of carbonyl (C=O) groups excluding carboxylic acids is 2. The fraction of sp³-hybridized carbons (Fsp3) is 0.364. The second kappa shape index (κ2) is 6.94. The molecular formula is C22H24N2O2. The highest BCUT2D eigenvalue weighted by Gasteiger charge is 2.40. The molecule has 134 valence electrons. The maximum atomic E-state index is 13.1. The number of benzene rings is 2. The molecule has 26 heavy (non-hydrogen) atoms. The van der Waals surface area contributed by atoms with Crippen molar-refractivity contribution >= 4 is 17.5 Å². The quantitative estimate of drug-likeness (QED) is 0.852. The molecule has 0 unspecified atom stereocenters. The Bertz CT molecular complexity index is 818. The van der Waals surface area contributed by atoms with E-state index in [-0.39, 0.29) is 23.8 Å². The largest absolute Gasteiger partial charge is 0.342 e. The van der Waals surface area contributed by atoms with Gasteiger partial charge in [0, 0.05) is 31.2 Å². The first-order valence-corrected chi connectivity index (χ1v) is 9.36. The Morgan fingerprint density at radius 3 is 2.58 bits per heavy atom. The molecule has 0 bridgehead atoms. The van der Waals surface area contributed by atoms with Crippen LogP contribution in [-0.4, -0.2) is 35.8 Å². The van der Waals surface area contributed by atoms with Gasteiger partial charge in [0.05, 0.1) is 5.92 Å². The molecule has 1 fully saturated rings. The van der Waals surface area contributed by atoms with E-state index in [9.17, 15) is 9.59 Å². The molecule has 4 nitrogen and oxygen atoms in total. The number of nitrogens with zero attached hydrogens (tertiary/aromatic N) is 2. The summed E-state index contributed by atoms with van der Waals surface area (Å²) < 4.78 is 0. The average molecular weight is 348 g/mol. The van der Waals surface area contributed by atoms with Crippen LogP contribution < -0.4 is 4.90 Å². The van der Waals surface area contributed by atoms with Crippen molar-refractivity contribution < 1.29 is 9.59 Å². The van der Waals surface area contributed by atoms with Crippen LogP contribution in [0.4, 0.5) is 5.69 Å². The number of amides is 2. The molecule has 0 N–H and O–H groups in total. The fourth-order valence-corrected chi connectivity index (χ4v) is 4.16. The van der Waals surface area contributed by atoms with Crippen molar-refractivity contribution in [3.8, 4) is 0 Å². The van der Waals surface area contributed by atoms with E-state index in [1.807, 2.05) is 46.2 Å². The summed E-state index contributed by atoms with van der Waals surface area (Å²) in [6, 6.07) is 18.4. The molecule has 4 heteroatoms. The van der Waals surface area contributed by atoms with Gasteiger partial charge in [-0.15, -0.1) is 0 Å². The number of hydrogen-bond donors (Lipinski definition) is 0. The number of carbonyl (C=O) groups is 2. The summed E-state index contributed by atoms with van der Waals surface area (Å²) in [5.41, 5.74) is 3.45. The minimum Gasteiger partial charge on any atom is -0.342 e. The Balaban J connectivity index is 1.43. The van der Waals surface area contributed by atoms with Gasteiger partial charge in [-0.05, 0) is 37.0 Å². The van der Waals surface area contributed by atoms with Gasteiger partial charge in [0.1, 0.15) is 0 Å². The highest BCUT2D eigenvalue weighted by molar-refractivity contribution is 6.01. The van der Waals surface area contributed by atoms with Gasteiger partial charge in [-0.25, -0.2) is 0 Å². The van der Waals surface area contributed by atoms with Crippen molar-refractivity contribution in [2.75, 3.05) is 18.0 Å². The van der Waals surface area contributed by atoms with E-state index in [0.717, 1.165) is 18.5 Å². The third kappa shape index (κ3) is 3.12. The zero-order valence-electron chi connectivity index (χ0n) is 15.1. The number of para-hydroxylation sites is 1. The van der Waals surface area contributed by atoms with Crippen LogP contribution in [0.15, 0.2) is 54.6 Å². The lowest BCUT2D eigenvalue weighted by Gasteiger charge is -2.26. The summed E-state index contributed by atoms with van der Waals surface area (Å²) in [7, 11) is 0. The second-order valence-corrected chi connectivity index (χ2v) is 7.37. The molecular weight excluding hydrogens is 324 g/mol. The maximum Gasteiger partial charge on any atom is 0.232 e. The predicted octanol–water partition coefficient (Wildman–Crippen LogP) is 3.06. The van der Waals surface area contributed by atoms with Crippen LogP contribution in [0.5, 0.6) is 0 Å².